The summed E-state index contributed by atoms with van der Waals surface area (Å²) in [7, 11) is -2.50. The Kier molecular flexibility index (Phi) is 5.48. The number of rotatable bonds is 5. The molecule has 9 heteroatoms. The topological polar surface area (TPSA) is 84.5 Å². The molecule has 0 atom stereocenters. The number of hydroxylamine groups is 1. The molecule has 2 aromatic carbocycles. The van der Waals surface area contributed by atoms with E-state index in [-0.39, 0.29) is 14.9 Å². The van der Waals surface area contributed by atoms with Gasteiger partial charge in [0, 0.05) is 11.3 Å². The molecule has 0 saturated carbocycles. The Labute approximate surface area is 143 Å². The molecule has 0 unspecified atom stereocenters. The van der Waals surface area contributed by atoms with Gasteiger partial charge >= 0.3 is 0 Å². The van der Waals surface area contributed by atoms with Crippen molar-refractivity contribution >= 4 is 44.8 Å². The van der Waals surface area contributed by atoms with Gasteiger partial charge in [0.25, 0.3) is 15.9 Å². The van der Waals surface area contributed by atoms with Gasteiger partial charge in [-0.2, -0.15) is 0 Å². The number of carbonyl (C=O) groups is 1. The van der Waals surface area contributed by atoms with E-state index in [9.17, 15) is 13.2 Å². The molecule has 0 bridgehead atoms. The second-order valence-corrected chi connectivity index (χ2v) is 6.89. The zero-order valence-corrected chi connectivity index (χ0v) is 14.2. The number of halogens is 2. The number of hydrogen-bond acceptors (Lipinski definition) is 4. The molecule has 0 spiro atoms. The van der Waals surface area contributed by atoms with Crippen molar-refractivity contribution < 1.29 is 18.0 Å². The number of amides is 1. The normalized spacial score (nSPS) is 11.1. The number of carbonyl (C=O) groups excluding carboxylic acids is 1. The summed E-state index contributed by atoms with van der Waals surface area (Å²) in [5.74, 6) is -0.439. The largest absolute Gasteiger partial charge is 0.280 e. The quantitative estimate of drug-likeness (QED) is 0.787. The molecule has 2 N–H and O–H groups in total. The van der Waals surface area contributed by atoms with Crippen molar-refractivity contribution in [2.45, 2.75) is 4.90 Å². The molecule has 0 fully saturated rings. The predicted octanol–water partition coefficient (Wildman–Crippen LogP) is 3.09. The summed E-state index contributed by atoms with van der Waals surface area (Å²) >= 11 is 11.6. The van der Waals surface area contributed by atoms with Crippen molar-refractivity contribution in [2.24, 2.45) is 0 Å². The van der Waals surface area contributed by atoms with E-state index in [1.54, 1.807) is 0 Å². The predicted molar refractivity (Wildman–Crippen MR) is 88.2 cm³/mol. The number of anilines is 1. The fraction of sp³-hybridized carbons (Fsp3) is 0.0714. The van der Waals surface area contributed by atoms with Gasteiger partial charge in [0.05, 0.1) is 22.1 Å². The fourth-order valence-corrected chi connectivity index (χ4v) is 3.15. The zero-order valence-electron chi connectivity index (χ0n) is 11.8. The molecule has 0 aliphatic carbocycles. The van der Waals surface area contributed by atoms with E-state index in [1.165, 1.54) is 49.6 Å². The molecule has 0 radical (unpaired) electrons. The van der Waals surface area contributed by atoms with Crippen LogP contribution in [0.4, 0.5) is 5.69 Å². The first-order valence-corrected chi connectivity index (χ1v) is 8.48. The molecular formula is C14H12Cl2N2O4S. The van der Waals surface area contributed by atoms with Crippen LogP contribution in [0.25, 0.3) is 0 Å². The number of nitrogens with one attached hydrogen (secondary N) is 2. The highest BCUT2D eigenvalue weighted by molar-refractivity contribution is 7.92. The van der Waals surface area contributed by atoms with E-state index in [4.69, 9.17) is 23.2 Å². The molecule has 0 aromatic heterocycles. The fourth-order valence-electron chi connectivity index (χ4n) is 1.70. The van der Waals surface area contributed by atoms with Gasteiger partial charge in [0.1, 0.15) is 0 Å². The van der Waals surface area contributed by atoms with Crippen LogP contribution in [0.1, 0.15) is 10.4 Å². The molecule has 0 aliphatic heterocycles. The van der Waals surface area contributed by atoms with Gasteiger partial charge in [-0.05, 0) is 42.5 Å². The van der Waals surface area contributed by atoms with Gasteiger partial charge in [-0.1, -0.05) is 23.2 Å². The van der Waals surface area contributed by atoms with Crippen molar-refractivity contribution in [1.29, 1.82) is 0 Å². The van der Waals surface area contributed by atoms with Crippen LogP contribution in [0.3, 0.4) is 0 Å². The van der Waals surface area contributed by atoms with Crippen LogP contribution >= 0.6 is 23.2 Å². The monoisotopic (exact) mass is 374 g/mol. The smallest absolute Gasteiger partial charge is 0.274 e. The average Bonchev–Trinajstić information content (AvgIpc) is 2.50. The van der Waals surface area contributed by atoms with Gasteiger partial charge in [-0.25, -0.2) is 13.9 Å². The third kappa shape index (κ3) is 4.35. The van der Waals surface area contributed by atoms with Crippen LogP contribution in [0.2, 0.25) is 10.0 Å². The van der Waals surface area contributed by atoms with Crippen LogP contribution in [0.15, 0.2) is 47.4 Å². The lowest BCUT2D eigenvalue weighted by molar-refractivity contribution is 0.0537. The summed E-state index contributed by atoms with van der Waals surface area (Å²) in [6.45, 7) is 0. The summed E-state index contributed by atoms with van der Waals surface area (Å²) in [4.78, 5) is 16.0. The second-order valence-electron chi connectivity index (χ2n) is 4.39. The summed E-state index contributed by atoms with van der Waals surface area (Å²) in [6, 6.07) is 9.83. The van der Waals surface area contributed by atoms with E-state index in [0.717, 1.165) is 0 Å². The third-order valence-electron chi connectivity index (χ3n) is 2.80. The lowest BCUT2D eigenvalue weighted by atomic mass is 10.2. The van der Waals surface area contributed by atoms with Crippen molar-refractivity contribution in [3.63, 3.8) is 0 Å². The summed E-state index contributed by atoms with van der Waals surface area (Å²) in [6.07, 6.45) is 0. The maximum atomic E-state index is 12.3. The zero-order chi connectivity index (χ0) is 17.0. The summed E-state index contributed by atoms with van der Waals surface area (Å²) in [5, 5.41) is 0.403. The molecule has 0 heterocycles. The first-order valence-electron chi connectivity index (χ1n) is 6.25. The first-order chi connectivity index (χ1) is 10.8. The van der Waals surface area contributed by atoms with Crippen LogP contribution in [0, 0.1) is 0 Å². The average molecular weight is 375 g/mol. The molecular weight excluding hydrogens is 363 g/mol. The van der Waals surface area contributed by atoms with Crippen LogP contribution < -0.4 is 10.2 Å². The minimum absolute atomic E-state index is 0.0203. The highest BCUT2D eigenvalue weighted by Gasteiger charge is 2.16. The van der Waals surface area contributed by atoms with E-state index in [0.29, 0.717) is 11.3 Å². The molecule has 0 aliphatic rings. The van der Waals surface area contributed by atoms with Crippen molar-refractivity contribution in [3.8, 4) is 0 Å². The molecule has 23 heavy (non-hydrogen) atoms. The first kappa shape index (κ1) is 17.6. The highest BCUT2D eigenvalue weighted by atomic mass is 35.5. The van der Waals surface area contributed by atoms with Gasteiger partial charge in [0.15, 0.2) is 0 Å². The summed E-state index contributed by atoms with van der Waals surface area (Å²) in [5.41, 5.74) is 2.78. The maximum Gasteiger partial charge on any atom is 0.274 e. The Hall–Kier alpha value is -1.80. The Morgan fingerprint density at radius 2 is 1.70 bits per heavy atom. The third-order valence-corrected chi connectivity index (χ3v) is 4.91. The van der Waals surface area contributed by atoms with Gasteiger partial charge < -0.3 is 0 Å². The SMILES string of the molecule is CONC(=O)c1ccc(NS(=O)(=O)c2ccc(Cl)c(Cl)c2)cc1. The van der Waals surface area contributed by atoms with Gasteiger partial charge in [0.2, 0.25) is 0 Å². The minimum Gasteiger partial charge on any atom is -0.280 e. The molecule has 2 rings (SSSR count). The van der Waals surface area contributed by atoms with E-state index < -0.39 is 15.9 Å². The molecule has 2 aromatic rings. The number of hydrogen-bond donors (Lipinski definition) is 2. The Bertz CT molecular complexity index is 823. The van der Waals surface area contributed by atoms with Crippen LogP contribution in [0.5, 0.6) is 0 Å². The van der Waals surface area contributed by atoms with Crippen molar-refractivity contribution in [2.75, 3.05) is 11.8 Å². The maximum absolute atomic E-state index is 12.3. The number of benzene rings is 2. The Morgan fingerprint density at radius 3 is 2.26 bits per heavy atom. The van der Waals surface area contributed by atoms with Crippen LogP contribution in [-0.2, 0) is 14.9 Å². The molecule has 6 nitrogen and oxygen atoms in total. The molecule has 1 amide bonds. The number of sulfonamides is 1. The second kappa shape index (κ2) is 7.18. The van der Waals surface area contributed by atoms with Crippen LogP contribution in [-0.4, -0.2) is 21.4 Å². The Balaban J connectivity index is 2.20. The van der Waals surface area contributed by atoms with Crippen molar-refractivity contribution in [1.82, 2.24) is 5.48 Å². The molecule has 0 saturated heterocycles. The van der Waals surface area contributed by atoms with Crippen molar-refractivity contribution in [3.05, 3.63) is 58.1 Å². The lowest BCUT2D eigenvalue weighted by Gasteiger charge is -2.09. The van der Waals surface area contributed by atoms with E-state index in [1.807, 2.05) is 0 Å². The lowest BCUT2D eigenvalue weighted by Crippen LogP contribution is -2.21. The standard InChI is InChI=1S/C14H12Cl2N2O4S/c1-22-17-14(19)9-2-4-10(5-3-9)18-23(20,21)11-6-7-12(15)13(16)8-11/h2-8,18H,1H3,(H,17,19). The summed E-state index contributed by atoms with van der Waals surface area (Å²) < 4.78 is 26.9. The highest BCUT2D eigenvalue weighted by Crippen LogP contribution is 2.26. The van der Waals surface area contributed by atoms with E-state index >= 15 is 0 Å². The van der Waals surface area contributed by atoms with Gasteiger partial charge in [-0.3, -0.25) is 14.4 Å². The van der Waals surface area contributed by atoms with Gasteiger partial charge in [-0.15, -0.1) is 0 Å². The Morgan fingerprint density at radius 1 is 1.04 bits per heavy atom. The minimum atomic E-state index is -3.81. The van der Waals surface area contributed by atoms with E-state index in [2.05, 4.69) is 15.0 Å². The molecule has 122 valence electrons.